The van der Waals surface area contributed by atoms with E-state index in [0.29, 0.717) is 52.1 Å². The Morgan fingerprint density at radius 1 is 0.422 bits per heavy atom. The molecule has 0 aliphatic heterocycles. The SMILES string of the molecule is CCCOc1c2cccc1Cc1cccc(c1OCCC)Cc1cc(O)cc(c1OCCC)Cc1cccc(c1OCCC)C2. The number of fused-ring (bicyclic) bond motifs is 8. The highest BCUT2D eigenvalue weighted by Crippen LogP contribution is 2.40. The minimum atomic E-state index is 0.233. The number of phenolic OH excluding ortho intramolecular Hbond substituents is 1. The molecule has 238 valence electrons. The van der Waals surface area contributed by atoms with Crippen LogP contribution in [0.5, 0.6) is 28.7 Å². The van der Waals surface area contributed by atoms with Gasteiger partial charge in [-0.05, 0) is 71.2 Å². The Hall–Kier alpha value is -4.12. The van der Waals surface area contributed by atoms with Crippen molar-refractivity contribution in [2.75, 3.05) is 26.4 Å². The maximum atomic E-state index is 11.0. The van der Waals surface area contributed by atoms with Gasteiger partial charge in [0.25, 0.3) is 0 Å². The summed E-state index contributed by atoms with van der Waals surface area (Å²) in [6, 6.07) is 23.0. The van der Waals surface area contributed by atoms with E-state index in [4.69, 9.17) is 18.9 Å². The van der Waals surface area contributed by atoms with Crippen molar-refractivity contribution in [2.45, 2.75) is 79.1 Å². The van der Waals surface area contributed by atoms with E-state index in [9.17, 15) is 5.11 Å². The standard InChI is InChI=1S/C40H48O5/c1-5-18-42-37-28-12-9-13-29(37)23-31-15-11-17-33(39(31)44-20-7-3)25-35-27-36(41)26-34(40(35)45-21-8-4)24-32-16-10-14-30(22-28)38(32)43-19-6-2/h9-17,26-27,41H,5-8,18-25H2,1-4H3. The number of benzene rings is 4. The molecule has 0 heterocycles. The van der Waals surface area contributed by atoms with Crippen LogP contribution in [0.25, 0.3) is 0 Å². The third-order valence-electron chi connectivity index (χ3n) is 8.09. The number of ether oxygens (including phenoxy) is 4. The molecule has 0 saturated carbocycles. The second kappa shape index (κ2) is 15.7. The lowest BCUT2D eigenvalue weighted by Gasteiger charge is -2.23. The lowest BCUT2D eigenvalue weighted by Crippen LogP contribution is -2.10. The highest BCUT2D eigenvalue weighted by atomic mass is 16.5. The average Bonchev–Trinajstić information content (AvgIpc) is 3.03. The average molecular weight is 609 g/mol. The predicted molar refractivity (Wildman–Crippen MR) is 182 cm³/mol. The summed E-state index contributed by atoms with van der Waals surface area (Å²) in [6.07, 6.45) is 6.16. The van der Waals surface area contributed by atoms with E-state index in [1.807, 2.05) is 12.1 Å². The Kier molecular flexibility index (Phi) is 11.3. The largest absolute Gasteiger partial charge is 0.508 e. The highest BCUT2D eigenvalue weighted by Gasteiger charge is 2.22. The quantitative estimate of drug-likeness (QED) is 0.153. The molecular weight excluding hydrogens is 560 g/mol. The first-order chi connectivity index (χ1) is 22.1. The van der Waals surface area contributed by atoms with Gasteiger partial charge in [-0.1, -0.05) is 82.3 Å². The zero-order chi connectivity index (χ0) is 31.6. The number of phenols is 1. The van der Waals surface area contributed by atoms with E-state index in [1.54, 1.807) is 0 Å². The van der Waals surface area contributed by atoms with Gasteiger partial charge < -0.3 is 24.1 Å². The number of aromatic hydroxyl groups is 1. The van der Waals surface area contributed by atoms with Crippen molar-refractivity contribution in [3.63, 3.8) is 0 Å². The third-order valence-corrected chi connectivity index (χ3v) is 8.09. The third kappa shape index (κ3) is 7.76. The lowest BCUT2D eigenvalue weighted by molar-refractivity contribution is 0.304. The predicted octanol–water partition coefficient (Wildman–Crippen LogP) is 9.22. The maximum Gasteiger partial charge on any atom is 0.126 e. The fourth-order valence-electron chi connectivity index (χ4n) is 6.13. The van der Waals surface area contributed by atoms with E-state index >= 15 is 0 Å². The summed E-state index contributed by atoms with van der Waals surface area (Å²) in [5.74, 6) is 3.84. The second-order valence-corrected chi connectivity index (χ2v) is 11.9. The molecule has 0 unspecified atom stereocenters. The highest BCUT2D eigenvalue weighted by molar-refractivity contribution is 5.57. The summed E-state index contributed by atoms with van der Waals surface area (Å²) in [6.45, 7) is 11.0. The number of para-hydroxylation sites is 3. The Bertz CT molecular complexity index is 1470. The van der Waals surface area contributed by atoms with Crippen LogP contribution in [0.1, 0.15) is 97.9 Å². The summed E-state index contributed by atoms with van der Waals surface area (Å²) < 4.78 is 26.0. The Morgan fingerprint density at radius 2 is 0.667 bits per heavy atom. The van der Waals surface area contributed by atoms with Crippen LogP contribution in [0.2, 0.25) is 0 Å². The van der Waals surface area contributed by atoms with E-state index in [1.165, 1.54) is 0 Å². The summed E-state index contributed by atoms with van der Waals surface area (Å²) in [7, 11) is 0. The number of hydrogen-bond acceptors (Lipinski definition) is 5. The van der Waals surface area contributed by atoms with E-state index in [-0.39, 0.29) is 5.75 Å². The molecule has 5 rings (SSSR count). The first kappa shape index (κ1) is 32.3. The van der Waals surface area contributed by atoms with Crippen LogP contribution in [0.4, 0.5) is 0 Å². The minimum absolute atomic E-state index is 0.233. The van der Waals surface area contributed by atoms with Gasteiger partial charge in [-0.2, -0.15) is 0 Å². The molecule has 4 aromatic rings. The minimum Gasteiger partial charge on any atom is -0.508 e. The first-order valence-electron chi connectivity index (χ1n) is 16.7. The number of hydrogen-bond donors (Lipinski definition) is 1. The zero-order valence-corrected chi connectivity index (χ0v) is 27.4. The molecule has 4 aromatic carbocycles. The molecule has 8 bridgehead atoms. The Morgan fingerprint density at radius 3 is 0.933 bits per heavy atom. The van der Waals surface area contributed by atoms with Gasteiger partial charge in [0.1, 0.15) is 28.7 Å². The number of rotatable bonds is 12. The molecule has 0 aromatic heterocycles. The van der Waals surface area contributed by atoms with Gasteiger partial charge in [0, 0.05) is 36.8 Å². The van der Waals surface area contributed by atoms with Crippen molar-refractivity contribution >= 4 is 0 Å². The molecular formula is C40H48O5. The maximum absolute atomic E-state index is 11.0. The summed E-state index contributed by atoms with van der Waals surface area (Å²) >= 11 is 0. The van der Waals surface area contributed by atoms with E-state index < -0.39 is 0 Å². The smallest absolute Gasteiger partial charge is 0.126 e. The van der Waals surface area contributed by atoms with E-state index in [0.717, 1.165) is 93.2 Å². The zero-order valence-electron chi connectivity index (χ0n) is 27.4. The Balaban J connectivity index is 1.76. The van der Waals surface area contributed by atoms with Gasteiger partial charge in [0.15, 0.2) is 0 Å². The molecule has 0 radical (unpaired) electrons. The van der Waals surface area contributed by atoms with Crippen LogP contribution in [-0.2, 0) is 25.7 Å². The van der Waals surface area contributed by atoms with Gasteiger partial charge >= 0.3 is 0 Å². The topological polar surface area (TPSA) is 57.2 Å². The molecule has 0 atom stereocenters. The van der Waals surface area contributed by atoms with Crippen molar-refractivity contribution in [1.29, 1.82) is 0 Å². The van der Waals surface area contributed by atoms with Gasteiger partial charge in [0.2, 0.25) is 0 Å². The van der Waals surface area contributed by atoms with Crippen molar-refractivity contribution < 1.29 is 24.1 Å². The van der Waals surface area contributed by atoms with Crippen molar-refractivity contribution in [1.82, 2.24) is 0 Å². The van der Waals surface area contributed by atoms with Crippen LogP contribution in [0.3, 0.4) is 0 Å². The molecule has 0 saturated heterocycles. The molecule has 1 aliphatic rings. The molecule has 0 spiro atoms. The van der Waals surface area contributed by atoms with Crippen molar-refractivity contribution in [3.05, 3.63) is 111 Å². The summed E-state index contributed by atoms with van der Waals surface area (Å²) in [5.41, 5.74) is 8.58. The molecule has 0 amide bonds. The monoisotopic (exact) mass is 608 g/mol. The Labute approximate surface area is 269 Å². The molecule has 5 heteroatoms. The van der Waals surface area contributed by atoms with Crippen LogP contribution >= 0.6 is 0 Å². The van der Waals surface area contributed by atoms with Crippen LogP contribution in [-0.4, -0.2) is 31.5 Å². The molecule has 45 heavy (non-hydrogen) atoms. The fraction of sp³-hybridized carbons (Fsp3) is 0.400. The van der Waals surface area contributed by atoms with Crippen LogP contribution in [0.15, 0.2) is 66.7 Å². The van der Waals surface area contributed by atoms with Gasteiger partial charge in [-0.25, -0.2) is 0 Å². The molecule has 1 N–H and O–H groups in total. The van der Waals surface area contributed by atoms with Crippen molar-refractivity contribution in [2.24, 2.45) is 0 Å². The van der Waals surface area contributed by atoms with E-state index in [2.05, 4.69) is 82.3 Å². The fourth-order valence-corrected chi connectivity index (χ4v) is 6.13. The van der Waals surface area contributed by atoms with Crippen LogP contribution < -0.4 is 18.9 Å². The normalized spacial score (nSPS) is 12.4. The summed E-state index contributed by atoms with van der Waals surface area (Å²) in [5, 5.41) is 11.0. The molecule has 5 nitrogen and oxygen atoms in total. The lowest BCUT2D eigenvalue weighted by atomic mass is 9.91. The van der Waals surface area contributed by atoms with Crippen LogP contribution in [0, 0.1) is 0 Å². The molecule has 0 fully saturated rings. The van der Waals surface area contributed by atoms with Crippen molar-refractivity contribution in [3.8, 4) is 28.7 Å². The van der Waals surface area contributed by atoms with Gasteiger partial charge in [0.05, 0.1) is 26.4 Å². The second-order valence-electron chi connectivity index (χ2n) is 11.9. The van der Waals surface area contributed by atoms with Gasteiger partial charge in [-0.15, -0.1) is 0 Å². The first-order valence-corrected chi connectivity index (χ1v) is 16.7. The molecule has 1 aliphatic carbocycles. The summed E-state index contributed by atoms with van der Waals surface area (Å²) in [4.78, 5) is 0. The van der Waals surface area contributed by atoms with Gasteiger partial charge in [-0.3, -0.25) is 0 Å².